The Kier molecular flexibility index (Phi) is 3.79. The number of benzene rings is 1. The van der Waals surface area contributed by atoms with Gasteiger partial charge in [-0.2, -0.15) is 0 Å². The molecule has 0 N–H and O–H groups in total. The summed E-state index contributed by atoms with van der Waals surface area (Å²) in [6.45, 7) is 1.94. The van der Waals surface area contributed by atoms with E-state index < -0.39 is 6.09 Å². The van der Waals surface area contributed by atoms with Gasteiger partial charge in [-0.05, 0) is 36.8 Å². The summed E-state index contributed by atoms with van der Waals surface area (Å²) in [7, 11) is 0. The quantitative estimate of drug-likeness (QED) is 0.770. The lowest BCUT2D eigenvalue weighted by molar-refractivity contribution is 0.202. The first-order valence-corrected chi connectivity index (χ1v) is 5.65. The van der Waals surface area contributed by atoms with Gasteiger partial charge in [0.05, 0.1) is 17.6 Å². The molecule has 0 bridgehead atoms. The minimum Gasteiger partial charge on any atom is -0.355 e. The van der Waals surface area contributed by atoms with Gasteiger partial charge in [0.1, 0.15) is 6.11 Å². The highest BCUT2D eigenvalue weighted by atomic mass is 16.5. The first-order valence-electron chi connectivity index (χ1n) is 5.65. The third-order valence-corrected chi connectivity index (χ3v) is 2.49. The molecule has 4 heteroatoms. The van der Waals surface area contributed by atoms with Crippen molar-refractivity contribution in [1.29, 1.82) is 0 Å². The van der Waals surface area contributed by atoms with Gasteiger partial charge in [-0.1, -0.05) is 18.6 Å². The molecular formula is C15H12N2O2. The zero-order chi connectivity index (χ0) is 13.7. The van der Waals surface area contributed by atoms with Crippen LogP contribution in [0.25, 0.3) is 0 Å². The van der Waals surface area contributed by atoms with Crippen LogP contribution in [0.5, 0.6) is 0 Å². The van der Waals surface area contributed by atoms with Gasteiger partial charge in [-0.3, -0.25) is 4.98 Å². The van der Waals surface area contributed by atoms with E-state index >= 15 is 0 Å². The normalized spacial score (nSPS) is 9.47. The van der Waals surface area contributed by atoms with E-state index in [1.165, 1.54) is 4.90 Å². The second kappa shape index (κ2) is 5.69. The molecule has 4 nitrogen and oxygen atoms in total. The number of pyridine rings is 1. The molecule has 2 rings (SSSR count). The zero-order valence-corrected chi connectivity index (χ0v) is 10.4. The molecule has 0 atom stereocenters. The summed E-state index contributed by atoms with van der Waals surface area (Å²) in [6, 6.07) is 11.0. The first kappa shape index (κ1) is 12.7. The summed E-state index contributed by atoms with van der Waals surface area (Å²) < 4.78 is 4.64. The number of aryl methyl sites for hydroxylation is 1. The smallest absolute Gasteiger partial charge is 0.355 e. The zero-order valence-electron chi connectivity index (χ0n) is 10.4. The van der Waals surface area contributed by atoms with E-state index in [1.807, 2.05) is 31.2 Å². The van der Waals surface area contributed by atoms with Crippen molar-refractivity contribution in [1.82, 2.24) is 4.98 Å². The average molecular weight is 252 g/mol. The molecule has 0 aliphatic rings. The number of terminal acetylenes is 1. The van der Waals surface area contributed by atoms with Crippen LogP contribution in [0.15, 0.2) is 48.8 Å². The molecule has 1 amide bonds. The van der Waals surface area contributed by atoms with Gasteiger partial charge >= 0.3 is 6.09 Å². The van der Waals surface area contributed by atoms with E-state index in [0.717, 1.165) is 5.56 Å². The number of rotatable bonds is 2. The maximum atomic E-state index is 12.0. The van der Waals surface area contributed by atoms with Gasteiger partial charge in [-0.15, -0.1) is 0 Å². The highest BCUT2D eigenvalue weighted by molar-refractivity contribution is 5.96. The van der Waals surface area contributed by atoms with Crippen molar-refractivity contribution in [3.05, 3.63) is 54.4 Å². The van der Waals surface area contributed by atoms with Crippen LogP contribution < -0.4 is 4.90 Å². The summed E-state index contributed by atoms with van der Waals surface area (Å²) in [5, 5.41) is 0. The van der Waals surface area contributed by atoms with Crippen LogP contribution in [0.1, 0.15) is 5.56 Å². The van der Waals surface area contributed by atoms with Gasteiger partial charge in [0.2, 0.25) is 0 Å². The number of nitrogens with zero attached hydrogens (tertiary/aromatic N) is 2. The summed E-state index contributed by atoms with van der Waals surface area (Å²) in [5.41, 5.74) is 2.29. The summed E-state index contributed by atoms with van der Waals surface area (Å²) in [5.74, 6) is 0. The van der Waals surface area contributed by atoms with Crippen molar-refractivity contribution in [2.45, 2.75) is 6.92 Å². The van der Waals surface area contributed by atoms with Gasteiger partial charge in [-0.25, -0.2) is 9.69 Å². The number of amides is 1. The fourth-order valence-electron chi connectivity index (χ4n) is 1.71. The third-order valence-electron chi connectivity index (χ3n) is 2.49. The number of aromatic nitrogens is 1. The Hall–Kier alpha value is -2.80. The van der Waals surface area contributed by atoms with E-state index in [-0.39, 0.29) is 0 Å². The van der Waals surface area contributed by atoms with Crippen molar-refractivity contribution in [3.8, 4) is 12.5 Å². The van der Waals surface area contributed by atoms with Crippen LogP contribution >= 0.6 is 0 Å². The largest absolute Gasteiger partial charge is 0.433 e. The molecular weight excluding hydrogens is 240 g/mol. The molecule has 1 aromatic carbocycles. The Morgan fingerprint density at radius 3 is 2.74 bits per heavy atom. The van der Waals surface area contributed by atoms with E-state index in [0.29, 0.717) is 11.4 Å². The Labute approximate surface area is 111 Å². The molecule has 1 heterocycles. The van der Waals surface area contributed by atoms with E-state index in [9.17, 15) is 4.79 Å². The predicted octanol–water partition coefficient (Wildman–Crippen LogP) is 3.26. The van der Waals surface area contributed by atoms with Crippen LogP contribution in [0.2, 0.25) is 0 Å². The van der Waals surface area contributed by atoms with E-state index in [4.69, 9.17) is 6.42 Å². The molecule has 1 aromatic heterocycles. The van der Waals surface area contributed by atoms with E-state index in [1.54, 1.807) is 30.6 Å². The monoisotopic (exact) mass is 252 g/mol. The maximum absolute atomic E-state index is 12.0. The van der Waals surface area contributed by atoms with Crippen LogP contribution in [-0.4, -0.2) is 11.1 Å². The molecule has 0 aliphatic heterocycles. The molecule has 94 valence electrons. The van der Waals surface area contributed by atoms with Crippen molar-refractivity contribution in [3.63, 3.8) is 0 Å². The number of hydrogen-bond donors (Lipinski definition) is 0. The fraction of sp³-hybridized carbons (Fsp3) is 0.0667. The third kappa shape index (κ3) is 2.90. The summed E-state index contributed by atoms with van der Waals surface area (Å²) >= 11 is 0. The number of carbonyl (C=O) groups is 1. The van der Waals surface area contributed by atoms with Gasteiger partial charge in [0.15, 0.2) is 0 Å². The predicted molar refractivity (Wildman–Crippen MR) is 72.9 cm³/mol. The lowest BCUT2D eigenvalue weighted by Crippen LogP contribution is -2.25. The molecule has 0 aliphatic carbocycles. The number of anilines is 2. The summed E-state index contributed by atoms with van der Waals surface area (Å²) in [6.07, 6.45) is 9.47. The topological polar surface area (TPSA) is 42.4 Å². The van der Waals surface area contributed by atoms with Crippen LogP contribution in [0.3, 0.4) is 0 Å². The second-order valence-corrected chi connectivity index (χ2v) is 3.87. The minimum absolute atomic E-state index is 0.591. The molecule has 0 spiro atoms. The molecule has 0 saturated carbocycles. The van der Waals surface area contributed by atoms with Crippen LogP contribution in [0, 0.1) is 19.5 Å². The molecule has 0 fully saturated rings. The van der Waals surface area contributed by atoms with Crippen LogP contribution in [-0.2, 0) is 4.74 Å². The Balaban J connectivity index is 2.46. The summed E-state index contributed by atoms with van der Waals surface area (Å²) in [4.78, 5) is 17.4. The minimum atomic E-state index is -0.638. The number of hydrogen-bond acceptors (Lipinski definition) is 3. The molecule has 0 radical (unpaired) electrons. The van der Waals surface area contributed by atoms with Crippen LogP contribution in [0.4, 0.5) is 16.2 Å². The van der Waals surface area contributed by atoms with Crippen molar-refractivity contribution in [2.24, 2.45) is 0 Å². The fourth-order valence-corrected chi connectivity index (χ4v) is 1.71. The highest BCUT2D eigenvalue weighted by Crippen LogP contribution is 2.26. The average Bonchev–Trinajstić information content (AvgIpc) is 2.40. The Morgan fingerprint density at radius 1 is 1.32 bits per heavy atom. The number of ether oxygens (including phenoxy) is 1. The van der Waals surface area contributed by atoms with Gasteiger partial charge in [0, 0.05) is 6.20 Å². The molecule has 0 unspecified atom stereocenters. The molecule has 0 saturated heterocycles. The van der Waals surface area contributed by atoms with Gasteiger partial charge < -0.3 is 4.74 Å². The maximum Gasteiger partial charge on any atom is 0.433 e. The molecule has 2 aromatic rings. The van der Waals surface area contributed by atoms with Crippen molar-refractivity contribution < 1.29 is 9.53 Å². The Bertz CT molecular complexity index is 618. The number of carbonyl (C=O) groups excluding carboxylic acids is 1. The lowest BCUT2D eigenvalue weighted by Gasteiger charge is -2.20. The second-order valence-electron chi connectivity index (χ2n) is 3.87. The first-order chi connectivity index (χ1) is 9.22. The highest BCUT2D eigenvalue weighted by Gasteiger charge is 2.19. The SMILES string of the molecule is C#COC(=O)N(c1cccnc1)c1cccc(C)c1. The van der Waals surface area contributed by atoms with Crippen molar-refractivity contribution >= 4 is 17.5 Å². The Morgan fingerprint density at radius 2 is 2.11 bits per heavy atom. The lowest BCUT2D eigenvalue weighted by atomic mass is 10.2. The van der Waals surface area contributed by atoms with E-state index in [2.05, 4.69) is 9.72 Å². The van der Waals surface area contributed by atoms with Gasteiger partial charge in [0.25, 0.3) is 0 Å². The standard InChI is InChI=1S/C15H12N2O2/c1-3-19-15(18)17(14-8-5-9-16-11-14)13-7-4-6-12(2)10-13/h1,4-11H,2H3. The molecule has 19 heavy (non-hydrogen) atoms. The van der Waals surface area contributed by atoms with Crippen molar-refractivity contribution in [2.75, 3.05) is 4.90 Å².